The highest BCUT2D eigenvalue weighted by Gasteiger charge is 2.44. The van der Waals surface area contributed by atoms with Gasteiger partial charge in [0.05, 0.1) is 67.8 Å². The van der Waals surface area contributed by atoms with Gasteiger partial charge in [-0.1, -0.05) is 48.5 Å². The molecule has 14 heteroatoms. The molecule has 2 aliphatic rings. The van der Waals surface area contributed by atoms with Crippen molar-refractivity contribution in [2.24, 2.45) is 0 Å². The smallest absolute Gasteiger partial charge is 0.192 e. The van der Waals surface area contributed by atoms with Crippen molar-refractivity contribution >= 4 is 44.6 Å². The van der Waals surface area contributed by atoms with Gasteiger partial charge in [0.25, 0.3) is 0 Å². The number of allylic oxidation sites excluding steroid dienone is 8. The molecule has 290 valence electrons. The van der Waals surface area contributed by atoms with E-state index in [4.69, 9.17) is 0 Å². The van der Waals surface area contributed by atoms with Gasteiger partial charge in [-0.25, -0.2) is 0 Å². The van der Waals surface area contributed by atoms with Crippen LogP contribution in [0.25, 0.3) is 44.6 Å². The summed E-state index contributed by atoms with van der Waals surface area (Å²) in [6, 6.07) is 34.4. The number of hydrogen-bond acceptors (Lipinski definition) is 8. The molecular weight excluding hydrogens is 803 g/mol. The van der Waals surface area contributed by atoms with Crippen molar-refractivity contribution in [3.05, 3.63) is 175 Å². The fraction of sp³-hybridized carbons (Fsp3) is 0.0417. The highest BCUT2D eigenvalue weighted by molar-refractivity contribution is 6.36. The third kappa shape index (κ3) is 6.47. The SMILES string of the molecule is N#CC1=C(c2ccc(C(F)(F)F)cc2)/C(=C(/C#N)c2ccc(C#N)cc2)c2c(C#N)c3c(c(C#N)c21)C(C#N)=C(c1ccc(C(F)(F)F)cc1)/C3=C(/C#N)c1ccc(C#N)cc1. The largest absolute Gasteiger partial charge is 0.416 e. The van der Waals surface area contributed by atoms with Crippen LogP contribution in [0.4, 0.5) is 26.3 Å². The third-order valence-corrected chi connectivity index (χ3v) is 10.3. The molecule has 0 radical (unpaired) electrons. The van der Waals surface area contributed by atoms with Gasteiger partial charge in [-0.05, 0) is 70.8 Å². The van der Waals surface area contributed by atoms with Crippen molar-refractivity contribution in [3.8, 4) is 48.6 Å². The van der Waals surface area contributed by atoms with Gasteiger partial charge in [0.1, 0.15) is 36.4 Å². The van der Waals surface area contributed by atoms with Crippen molar-refractivity contribution in [2.75, 3.05) is 0 Å². The summed E-state index contributed by atoms with van der Waals surface area (Å²) in [4.78, 5) is 0. The number of benzene rings is 5. The van der Waals surface area contributed by atoms with Gasteiger partial charge < -0.3 is 0 Å². The zero-order valence-electron chi connectivity index (χ0n) is 31.1. The lowest BCUT2D eigenvalue weighted by Crippen LogP contribution is -2.06. The van der Waals surface area contributed by atoms with Crippen LogP contribution in [0.2, 0.25) is 0 Å². The molecule has 0 N–H and O–H groups in total. The third-order valence-electron chi connectivity index (χ3n) is 10.3. The number of fused-ring (bicyclic) bond motifs is 2. The molecule has 8 nitrogen and oxygen atoms in total. The van der Waals surface area contributed by atoms with Crippen LogP contribution in [-0.4, -0.2) is 0 Å². The molecule has 0 saturated carbocycles. The summed E-state index contributed by atoms with van der Waals surface area (Å²) in [7, 11) is 0. The Morgan fingerprint density at radius 3 is 0.952 bits per heavy atom. The molecule has 0 fully saturated rings. The first kappa shape index (κ1) is 40.7. The maximum Gasteiger partial charge on any atom is 0.416 e. The minimum absolute atomic E-state index is 0.0392. The van der Waals surface area contributed by atoms with E-state index >= 15 is 0 Å². The topological polar surface area (TPSA) is 190 Å². The van der Waals surface area contributed by atoms with Crippen molar-refractivity contribution < 1.29 is 26.3 Å². The summed E-state index contributed by atoms with van der Waals surface area (Å²) in [6.07, 6.45) is -9.54. The fourth-order valence-corrected chi connectivity index (χ4v) is 7.63. The second kappa shape index (κ2) is 15.4. The Bertz CT molecular complexity index is 3080. The number of nitriles is 8. The lowest BCUT2D eigenvalue weighted by molar-refractivity contribution is -0.138. The van der Waals surface area contributed by atoms with E-state index in [0.29, 0.717) is 0 Å². The zero-order valence-corrected chi connectivity index (χ0v) is 31.1. The normalized spacial score (nSPS) is 14.4. The molecule has 0 aliphatic heterocycles. The monoisotopic (exact) mass is 818 g/mol. The van der Waals surface area contributed by atoms with Gasteiger partial charge in [0.2, 0.25) is 0 Å². The molecule has 0 atom stereocenters. The zero-order chi connectivity index (χ0) is 44.7. The predicted molar refractivity (Wildman–Crippen MR) is 211 cm³/mol. The fourth-order valence-electron chi connectivity index (χ4n) is 7.63. The van der Waals surface area contributed by atoms with Crippen molar-refractivity contribution in [1.82, 2.24) is 0 Å². The second-order valence-electron chi connectivity index (χ2n) is 13.4. The molecule has 5 aromatic rings. The number of hydrogen-bond donors (Lipinski definition) is 0. The minimum atomic E-state index is -4.77. The molecule has 0 heterocycles. The molecule has 0 bridgehead atoms. The van der Waals surface area contributed by atoms with Crippen LogP contribution in [0.1, 0.15) is 77.9 Å². The van der Waals surface area contributed by atoms with Crippen LogP contribution in [0.3, 0.4) is 0 Å². The number of nitrogens with zero attached hydrogens (tertiary/aromatic N) is 8. The average Bonchev–Trinajstić information content (AvgIpc) is 3.79. The van der Waals surface area contributed by atoms with E-state index in [1.54, 1.807) is 0 Å². The highest BCUT2D eigenvalue weighted by atomic mass is 19.4. The summed E-state index contributed by atoms with van der Waals surface area (Å²) < 4.78 is 82.7. The molecule has 7 rings (SSSR count). The molecule has 0 unspecified atom stereocenters. The Hall–Kier alpha value is -9.44. The molecular formula is C48H16F6N8. The first-order valence-electron chi connectivity index (χ1n) is 17.7. The molecule has 2 aliphatic carbocycles. The van der Waals surface area contributed by atoms with E-state index in [2.05, 4.69) is 18.2 Å². The molecule has 62 heavy (non-hydrogen) atoms. The second-order valence-corrected chi connectivity index (χ2v) is 13.4. The Kier molecular flexibility index (Phi) is 10.1. The van der Waals surface area contributed by atoms with Crippen molar-refractivity contribution in [2.45, 2.75) is 12.4 Å². The van der Waals surface area contributed by atoms with Gasteiger partial charge in [0.15, 0.2) is 0 Å². The number of halogens is 6. The maximum absolute atomic E-state index is 13.8. The van der Waals surface area contributed by atoms with E-state index < -0.39 is 34.6 Å². The summed E-state index contributed by atoms with van der Waals surface area (Å²) >= 11 is 0. The van der Waals surface area contributed by atoms with Gasteiger partial charge in [0, 0.05) is 44.5 Å². The van der Waals surface area contributed by atoms with Crippen LogP contribution in [0.5, 0.6) is 0 Å². The van der Waals surface area contributed by atoms with Gasteiger partial charge in [-0.3, -0.25) is 0 Å². The summed E-state index contributed by atoms with van der Waals surface area (Å²) in [5.74, 6) is 0. The summed E-state index contributed by atoms with van der Waals surface area (Å²) in [5.41, 5.74) is -5.26. The Balaban J connectivity index is 1.72. The van der Waals surface area contributed by atoms with Crippen molar-refractivity contribution in [3.63, 3.8) is 0 Å². The summed E-state index contributed by atoms with van der Waals surface area (Å²) in [5, 5.41) is 84.9. The maximum atomic E-state index is 13.8. The lowest BCUT2D eigenvalue weighted by Gasteiger charge is -2.18. The van der Waals surface area contributed by atoms with Gasteiger partial charge in [-0.2, -0.15) is 68.4 Å². The Morgan fingerprint density at radius 2 is 0.694 bits per heavy atom. The average molecular weight is 819 g/mol. The van der Waals surface area contributed by atoms with E-state index in [9.17, 15) is 68.4 Å². The van der Waals surface area contributed by atoms with Crippen LogP contribution < -0.4 is 0 Å². The van der Waals surface area contributed by atoms with E-state index in [0.717, 1.165) is 48.5 Å². The first-order chi connectivity index (χ1) is 29.7. The standard InChI is InChI=1S/C48H16F6N8/c49-47(50,51)31-13-9-29(10-14-31)39-35(21-59)41-37(23-61)42-36(22-60)40(30-11-15-32(16-12-30)48(52,53)54)44(34(20-58)28-7-3-26(18-56)4-8-28)46(42)38(24-62)45(41)43(39)33(19-57)27-5-1-25(17-55)2-6-27/h1-16H/b43-33+,44-34+. The van der Waals surface area contributed by atoms with Crippen LogP contribution in [0, 0.1) is 90.6 Å². The number of rotatable bonds is 4. The van der Waals surface area contributed by atoms with Gasteiger partial charge >= 0.3 is 12.4 Å². The van der Waals surface area contributed by atoms with E-state index in [-0.39, 0.29) is 100 Å². The Labute approximate surface area is 348 Å². The van der Waals surface area contributed by atoms with Crippen LogP contribution in [0.15, 0.2) is 97.1 Å². The minimum Gasteiger partial charge on any atom is -0.192 e. The molecule has 0 amide bonds. The molecule has 0 spiro atoms. The first-order valence-corrected chi connectivity index (χ1v) is 17.7. The van der Waals surface area contributed by atoms with Crippen LogP contribution in [-0.2, 0) is 12.4 Å². The van der Waals surface area contributed by atoms with Crippen molar-refractivity contribution in [1.29, 1.82) is 42.1 Å². The molecule has 0 saturated heterocycles. The predicted octanol–water partition coefficient (Wildman–Crippen LogP) is 11.0. The van der Waals surface area contributed by atoms with E-state index in [1.165, 1.54) is 48.5 Å². The summed E-state index contributed by atoms with van der Waals surface area (Å²) in [6.45, 7) is 0. The molecule has 0 aromatic heterocycles. The highest BCUT2D eigenvalue weighted by Crippen LogP contribution is 2.59. The van der Waals surface area contributed by atoms with E-state index in [1.807, 2.05) is 30.3 Å². The number of alkyl halides is 6. The van der Waals surface area contributed by atoms with Gasteiger partial charge in [-0.15, -0.1) is 0 Å². The quantitative estimate of drug-likeness (QED) is 0.126. The lowest BCUT2D eigenvalue weighted by atomic mass is 9.81. The Morgan fingerprint density at radius 1 is 0.371 bits per heavy atom. The molecule has 5 aromatic carbocycles. The van der Waals surface area contributed by atoms with Crippen LogP contribution >= 0.6 is 0 Å².